The van der Waals surface area contributed by atoms with Crippen molar-refractivity contribution in [2.45, 2.75) is 13.8 Å². The normalized spacial score (nSPS) is 10.3. The third-order valence-electron chi connectivity index (χ3n) is 3.38. The van der Waals surface area contributed by atoms with Crippen LogP contribution >= 0.6 is 11.6 Å². The summed E-state index contributed by atoms with van der Waals surface area (Å²) in [5.41, 5.74) is 3.32. The molecule has 0 aliphatic carbocycles. The number of hydrogen-bond acceptors (Lipinski definition) is 3. The van der Waals surface area contributed by atoms with E-state index in [0.717, 1.165) is 16.7 Å². The van der Waals surface area contributed by atoms with Crippen molar-refractivity contribution in [1.82, 2.24) is 0 Å². The summed E-state index contributed by atoms with van der Waals surface area (Å²) >= 11 is 6.10. The molecule has 0 heterocycles. The van der Waals surface area contributed by atoms with Crippen LogP contribution in [0.2, 0.25) is 5.02 Å². The van der Waals surface area contributed by atoms with Gasteiger partial charge in [-0.05, 0) is 49.2 Å². The minimum atomic E-state index is -0.0307. The summed E-state index contributed by atoms with van der Waals surface area (Å²) < 4.78 is 10.8. The molecule has 21 heavy (non-hydrogen) atoms. The Morgan fingerprint density at radius 3 is 2.33 bits per heavy atom. The van der Waals surface area contributed by atoms with Gasteiger partial charge in [0, 0.05) is 16.1 Å². The van der Waals surface area contributed by atoms with Crippen molar-refractivity contribution in [1.29, 1.82) is 0 Å². The summed E-state index contributed by atoms with van der Waals surface area (Å²) in [5, 5.41) is 0.629. The van der Waals surface area contributed by atoms with Crippen molar-refractivity contribution in [3.63, 3.8) is 0 Å². The Hall–Kier alpha value is -2.00. The lowest BCUT2D eigenvalue weighted by Crippen LogP contribution is -1.99. The maximum absolute atomic E-state index is 11.7. The van der Waals surface area contributed by atoms with E-state index < -0.39 is 0 Å². The summed E-state index contributed by atoms with van der Waals surface area (Å²) in [6.45, 7) is 3.51. The molecule has 0 fully saturated rings. The van der Waals surface area contributed by atoms with Crippen molar-refractivity contribution < 1.29 is 14.3 Å². The highest BCUT2D eigenvalue weighted by Crippen LogP contribution is 2.41. The van der Waals surface area contributed by atoms with Crippen molar-refractivity contribution in [2.24, 2.45) is 0 Å². The monoisotopic (exact) mass is 304 g/mol. The maximum Gasteiger partial charge on any atom is 0.168 e. The number of methoxy groups -OCH3 is 2. The van der Waals surface area contributed by atoms with Crippen LogP contribution in [0.3, 0.4) is 0 Å². The van der Waals surface area contributed by atoms with Crippen LogP contribution < -0.4 is 9.47 Å². The Kier molecular flexibility index (Phi) is 4.53. The van der Waals surface area contributed by atoms with Gasteiger partial charge in [-0.3, -0.25) is 4.79 Å². The Balaban J connectivity index is 2.79. The van der Waals surface area contributed by atoms with E-state index in [2.05, 4.69) is 0 Å². The number of rotatable bonds is 4. The molecule has 2 rings (SSSR count). The predicted octanol–water partition coefficient (Wildman–Crippen LogP) is 4.54. The molecule has 4 heteroatoms. The van der Waals surface area contributed by atoms with E-state index in [0.29, 0.717) is 22.1 Å². The van der Waals surface area contributed by atoms with Crippen LogP contribution in [-0.2, 0) is 0 Å². The van der Waals surface area contributed by atoms with Crippen LogP contribution in [0.5, 0.6) is 11.5 Å². The van der Waals surface area contributed by atoms with Gasteiger partial charge in [0.25, 0.3) is 0 Å². The van der Waals surface area contributed by atoms with Gasteiger partial charge in [-0.1, -0.05) is 17.7 Å². The first-order chi connectivity index (χ1) is 9.97. The second kappa shape index (κ2) is 6.19. The topological polar surface area (TPSA) is 35.5 Å². The average molecular weight is 305 g/mol. The summed E-state index contributed by atoms with van der Waals surface area (Å²) in [7, 11) is 3.13. The number of Topliss-reactive ketones (excluding diaryl/α,β-unsaturated/α-hetero) is 1. The van der Waals surface area contributed by atoms with Crippen molar-refractivity contribution in [3.8, 4) is 22.6 Å². The van der Waals surface area contributed by atoms with E-state index >= 15 is 0 Å². The van der Waals surface area contributed by atoms with Crippen molar-refractivity contribution >= 4 is 17.4 Å². The number of ether oxygens (including phenoxy) is 2. The summed E-state index contributed by atoms with van der Waals surface area (Å²) in [6, 6.07) is 9.12. The molecule has 0 bridgehead atoms. The molecule has 0 aliphatic heterocycles. The quantitative estimate of drug-likeness (QED) is 0.778. The van der Waals surface area contributed by atoms with Crippen LogP contribution in [0.15, 0.2) is 30.3 Å². The van der Waals surface area contributed by atoms with Crippen molar-refractivity contribution in [3.05, 3.63) is 46.5 Å². The van der Waals surface area contributed by atoms with E-state index in [1.807, 2.05) is 31.2 Å². The molecule has 0 saturated carbocycles. The molecule has 3 nitrogen and oxygen atoms in total. The molecule has 0 aromatic heterocycles. The van der Waals surface area contributed by atoms with Crippen LogP contribution in [0, 0.1) is 6.92 Å². The van der Waals surface area contributed by atoms with Gasteiger partial charge in [0.15, 0.2) is 17.3 Å². The highest BCUT2D eigenvalue weighted by Gasteiger charge is 2.17. The molecular formula is C17H17ClO3. The lowest BCUT2D eigenvalue weighted by Gasteiger charge is -2.16. The third-order valence-corrected chi connectivity index (χ3v) is 3.61. The van der Waals surface area contributed by atoms with Gasteiger partial charge in [0.2, 0.25) is 0 Å². The van der Waals surface area contributed by atoms with E-state index in [-0.39, 0.29) is 5.78 Å². The van der Waals surface area contributed by atoms with Gasteiger partial charge in [-0.15, -0.1) is 0 Å². The van der Waals surface area contributed by atoms with Gasteiger partial charge in [-0.2, -0.15) is 0 Å². The van der Waals surface area contributed by atoms with E-state index in [1.165, 1.54) is 6.92 Å². The number of hydrogen-bond donors (Lipinski definition) is 0. The summed E-state index contributed by atoms with van der Waals surface area (Å²) in [6.07, 6.45) is 0. The van der Waals surface area contributed by atoms with Gasteiger partial charge in [-0.25, -0.2) is 0 Å². The first-order valence-electron chi connectivity index (χ1n) is 6.51. The largest absolute Gasteiger partial charge is 0.493 e. The Labute approximate surface area is 129 Å². The standard InChI is InChI=1S/C17H17ClO3/c1-10-5-6-13(18)9-14(10)15-7-12(11(2)19)8-16(20-3)17(15)21-4/h5-9H,1-4H3. The summed E-state index contributed by atoms with van der Waals surface area (Å²) in [5.74, 6) is 1.09. The van der Waals surface area contributed by atoms with Gasteiger partial charge < -0.3 is 9.47 Å². The predicted molar refractivity (Wildman–Crippen MR) is 84.7 cm³/mol. The zero-order valence-corrected chi connectivity index (χ0v) is 13.2. The molecule has 110 valence electrons. The minimum absolute atomic E-state index is 0.0307. The molecular weight excluding hydrogens is 288 g/mol. The fourth-order valence-corrected chi connectivity index (χ4v) is 2.42. The highest BCUT2D eigenvalue weighted by atomic mass is 35.5. The molecule has 0 atom stereocenters. The molecule has 0 amide bonds. The molecule has 0 N–H and O–H groups in total. The second-order valence-corrected chi connectivity index (χ2v) is 5.21. The maximum atomic E-state index is 11.7. The molecule has 0 saturated heterocycles. The number of aryl methyl sites for hydroxylation is 1. The van der Waals surface area contributed by atoms with Gasteiger partial charge >= 0.3 is 0 Å². The number of carbonyl (C=O) groups excluding carboxylic acids is 1. The van der Waals surface area contributed by atoms with Gasteiger partial charge in [0.05, 0.1) is 14.2 Å². The first kappa shape index (κ1) is 15.4. The number of ketones is 1. The minimum Gasteiger partial charge on any atom is -0.493 e. The summed E-state index contributed by atoms with van der Waals surface area (Å²) in [4.78, 5) is 11.7. The van der Waals surface area contributed by atoms with E-state index in [9.17, 15) is 4.79 Å². The van der Waals surface area contributed by atoms with Crippen LogP contribution in [0.4, 0.5) is 0 Å². The highest BCUT2D eigenvalue weighted by molar-refractivity contribution is 6.30. The van der Waals surface area contributed by atoms with E-state index in [4.69, 9.17) is 21.1 Å². The molecule has 0 unspecified atom stereocenters. The third kappa shape index (κ3) is 3.03. The molecule has 0 aliphatic rings. The zero-order valence-electron chi connectivity index (χ0n) is 12.5. The Morgan fingerprint density at radius 2 is 1.76 bits per heavy atom. The number of halogens is 1. The lowest BCUT2D eigenvalue weighted by molar-refractivity contribution is 0.101. The Morgan fingerprint density at radius 1 is 1.05 bits per heavy atom. The van der Waals surface area contributed by atoms with E-state index in [1.54, 1.807) is 20.3 Å². The zero-order chi connectivity index (χ0) is 15.6. The lowest BCUT2D eigenvalue weighted by atomic mass is 9.96. The average Bonchev–Trinajstić information content (AvgIpc) is 2.48. The fraction of sp³-hybridized carbons (Fsp3) is 0.235. The molecule has 2 aromatic rings. The first-order valence-corrected chi connectivity index (χ1v) is 6.89. The van der Waals surface area contributed by atoms with Crippen LogP contribution in [0.25, 0.3) is 11.1 Å². The fourth-order valence-electron chi connectivity index (χ4n) is 2.25. The number of benzene rings is 2. The second-order valence-electron chi connectivity index (χ2n) is 4.77. The van der Waals surface area contributed by atoms with Gasteiger partial charge in [0.1, 0.15) is 0 Å². The SMILES string of the molecule is COc1cc(C(C)=O)cc(-c2cc(Cl)ccc2C)c1OC. The molecule has 0 spiro atoms. The molecule has 0 radical (unpaired) electrons. The number of carbonyl (C=O) groups is 1. The molecule has 2 aromatic carbocycles. The van der Waals surface area contributed by atoms with Crippen LogP contribution in [-0.4, -0.2) is 20.0 Å². The van der Waals surface area contributed by atoms with Crippen molar-refractivity contribution in [2.75, 3.05) is 14.2 Å². The van der Waals surface area contributed by atoms with Crippen LogP contribution in [0.1, 0.15) is 22.8 Å². The smallest absolute Gasteiger partial charge is 0.168 e. The Bertz CT molecular complexity index is 693.